The summed E-state index contributed by atoms with van der Waals surface area (Å²) in [4.78, 5) is 6.68. The molecule has 0 spiro atoms. The first kappa shape index (κ1) is 12.3. The summed E-state index contributed by atoms with van der Waals surface area (Å²) in [6.45, 7) is 5.39. The molecule has 1 fully saturated rings. The van der Waals surface area contributed by atoms with Crippen molar-refractivity contribution in [2.45, 2.75) is 52.0 Å². The summed E-state index contributed by atoms with van der Waals surface area (Å²) in [7, 11) is 2.03. The highest BCUT2D eigenvalue weighted by Gasteiger charge is 2.13. The van der Waals surface area contributed by atoms with Crippen molar-refractivity contribution < 1.29 is 0 Å². The summed E-state index contributed by atoms with van der Waals surface area (Å²) in [6.07, 6.45) is 6.44. The van der Waals surface area contributed by atoms with Gasteiger partial charge >= 0.3 is 0 Å². The third-order valence-corrected chi connectivity index (χ3v) is 2.92. The lowest BCUT2D eigenvalue weighted by Gasteiger charge is -2.23. The van der Waals surface area contributed by atoms with Crippen LogP contribution in [0.2, 0.25) is 0 Å². The Labute approximate surface area is 93.7 Å². The minimum atomic E-state index is 0.480. The molecular formula is C12H25N3. The van der Waals surface area contributed by atoms with Crippen molar-refractivity contribution in [2.75, 3.05) is 13.6 Å². The Hall–Kier alpha value is -0.730. The zero-order valence-electron chi connectivity index (χ0n) is 10.4. The Bertz CT molecular complexity index is 205. The lowest BCUT2D eigenvalue weighted by atomic mass is 9.96. The number of hydrogen-bond donors (Lipinski definition) is 1. The molecule has 0 radical (unpaired) electrons. The van der Waals surface area contributed by atoms with Gasteiger partial charge in [0, 0.05) is 13.6 Å². The maximum Gasteiger partial charge on any atom is 0.191 e. The van der Waals surface area contributed by atoms with Crippen LogP contribution in [0.5, 0.6) is 0 Å². The highest BCUT2D eigenvalue weighted by molar-refractivity contribution is 5.77. The van der Waals surface area contributed by atoms with E-state index in [1.807, 2.05) is 7.05 Å². The molecule has 0 amide bonds. The fourth-order valence-electron chi connectivity index (χ4n) is 2.14. The van der Waals surface area contributed by atoms with Crippen LogP contribution in [0, 0.1) is 5.92 Å². The van der Waals surface area contributed by atoms with Gasteiger partial charge < -0.3 is 10.6 Å². The van der Waals surface area contributed by atoms with E-state index in [2.05, 4.69) is 23.7 Å². The number of nitrogens with zero attached hydrogens (tertiary/aromatic N) is 2. The van der Waals surface area contributed by atoms with Gasteiger partial charge in [-0.3, -0.25) is 0 Å². The molecule has 1 rings (SSSR count). The monoisotopic (exact) mass is 211 g/mol. The first-order chi connectivity index (χ1) is 7.09. The van der Waals surface area contributed by atoms with E-state index in [0.717, 1.165) is 12.5 Å². The molecule has 0 unspecified atom stereocenters. The second-order valence-corrected chi connectivity index (χ2v) is 5.05. The van der Waals surface area contributed by atoms with Crippen molar-refractivity contribution in [1.29, 1.82) is 0 Å². The average Bonchev–Trinajstić information content (AvgIpc) is 2.18. The van der Waals surface area contributed by atoms with Crippen LogP contribution in [0.3, 0.4) is 0 Å². The van der Waals surface area contributed by atoms with E-state index in [1.54, 1.807) is 0 Å². The van der Waals surface area contributed by atoms with Crippen molar-refractivity contribution in [1.82, 2.24) is 4.90 Å². The standard InChI is InChI=1S/C12H25N3/c1-10(2)9-15(3)12(13)14-11-7-5-4-6-8-11/h10-11H,4-9H2,1-3H3,(H2,13,14). The van der Waals surface area contributed by atoms with Crippen LogP contribution in [-0.2, 0) is 0 Å². The van der Waals surface area contributed by atoms with Gasteiger partial charge in [0.2, 0.25) is 0 Å². The fourth-order valence-corrected chi connectivity index (χ4v) is 2.14. The SMILES string of the molecule is CC(C)CN(C)C(N)=NC1CCCCC1. The van der Waals surface area contributed by atoms with E-state index in [-0.39, 0.29) is 0 Å². The first-order valence-electron chi connectivity index (χ1n) is 6.14. The molecule has 0 aromatic rings. The zero-order valence-corrected chi connectivity index (χ0v) is 10.4. The second kappa shape index (κ2) is 5.99. The van der Waals surface area contributed by atoms with Gasteiger partial charge in [0.1, 0.15) is 0 Å². The minimum absolute atomic E-state index is 0.480. The summed E-state index contributed by atoms with van der Waals surface area (Å²) >= 11 is 0. The molecule has 0 bridgehead atoms. The molecule has 88 valence electrons. The molecule has 0 aromatic heterocycles. The van der Waals surface area contributed by atoms with Gasteiger partial charge in [-0.15, -0.1) is 0 Å². The van der Waals surface area contributed by atoms with Crippen LogP contribution in [0.1, 0.15) is 46.0 Å². The summed E-state index contributed by atoms with van der Waals surface area (Å²) < 4.78 is 0. The van der Waals surface area contributed by atoms with Gasteiger partial charge in [0.15, 0.2) is 5.96 Å². The Morgan fingerprint density at radius 1 is 1.33 bits per heavy atom. The van der Waals surface area contributed by atoms with E-state index >= 15 is 0 Å². The summed E-state index contributed by atoms with van der Waals surface area (Å²) in [6, 6.07) is 0.480. The molecular weight excluding hydrogens is 186 g/mol. The number of aliphatic imine (C=N–C) groups is 1. The summed E-state index contributed by atoms with van der Waals surface area (Å²) in [5, 5.41) is 0. The Kier molecular flexibility index (Phi) is 4.92. The molecule has 1 aliphatic carbocycles. The average molecular weight is 211 g/mol. The quantitative estimate of drug-likeness (QED) is 0.574. The fraction of sp³-hybridized carbons (Fsp3) is 0.917. The lowest BCUT2D eigenvalue weighted by molar-refractivity contribution is 0.403. The van der Waals surface area contributed by atoms with E-state index in [4.69, 9.17) is 5.73 Å². The van der Waals surface area contributed by atoms with Gasteiger partial charge in [-0.2, -0.15) is 0 Å². The normalized spacial score (nSPS) is 19.6. The third-order valence-electron chi connectivity index (χ3n) is 2.92. The highest BCUT2D eigenvalue weighted by atomic mass is 15.2. The molecule has 2 N–H and O–H groups in total. The maximum absolute atomic E-state index is 5.97. The summed E-state index contributed by atoms with van der Waals surface area (Å²) in [5.41, 5.74) is 5.97. The number of guanidine groups is 1. The predicted octanol–water partition coefficient (Wildman–Crippen LogP) is 2.22. The topological polar surface area (TPSA) is 41.6 Å². The summed E-state index contributed by atoms with van der Waals surface area (Å²) in [5.74, 6) is 1.35. The Balaban J connectivity index is 2.42. The van der Waals surface area contributed by atoms with Crippen molar-refractivity contribution >= 4 is 5.96 Å². The van der Waals surface area contributed by atoms with Crippen molar-refractivity contribution in [3.05, 3.63) is 0 Å². The van der Waals surface area contributed by atoms with Gasteiger partial charge in [-0.05, 0) is 18.8 Å². The van der Waals surface area contributed by atoms with Crippen LogP contribution in [-0.4, -0.2) is 30.5 Å². The highest BCUT2D eigenvalue weighted by Crippen LogP contribution is 2.20. The van der Waals surface area contributed by atoms with E-state index in [9.17, 15) is 0 Å². The van der Waals surface area contributed by atoms with Crippen molar-refractivity contribution in [3.63, 3.8) is 0 Å². The first-order valence-corrected chi connectivity index (χ1v) is 6.14. The number of nitrogens with two attached hydrogens (primary N) is 1. The molecule has 3 nitrogen and oxygen atoms in total. The smallest absolute Gasteiger partial charge is 0.191 e. The van der Waals surface area contributed by atoms with Crippen LogP contribution in [0.4, 0.5) is 0 Å². The molecule has 0 heterocycles. The molecule has 15 heavy (non-hydrogen) atoms. The van der Waals surface area contributed by atoms with Crippen LogP contribution >= 0.6 is 0 Å². The van der Waals surface area contributed by atoms with Crippen LogP contribution in [0.15, 0.2) is 4.99 Å². The zero-order chi connectivity index (χ0) is 11.3. The van der Waals surface area contributed by atoms with E-state index < -0.39 is 0 Å². The predicted molar refractivity (Wildman–Crippen MR) is 66.0 cm³/mol. The largest absolute Gasteiger partial charge is 0.370 e. The molecule has 1 saturated carbocycles. The van der Waals surface area contributed by atoms with Crippen molar-refractivity contribution in [2.24, 2.45) is 16.6 Å². The minimum Gasteiger partial charge on any atom is -0.370 e. The van der Waals surface area contributed by atoms with Crippen LogP contribution < -0.4 is 5.73 Å². The molecule has 1 aliphatic rings. The molecule has 3 heteroatoms. The van der Waals surface area contributed by atoms with Gasteiger partial charge in [-0.25, -0.2) is 4.99 Å². The number of rotatable bonds is 3. The Morgan fingerprint density at radius 2 is 1.93 bits per heavy atom. The maximum atomic E-state index is 5.97. The van der Waals surface area contributed by atoms with Crippen LogP contribution in [0.25, 0.3) is 0 Å². The van der Waals surface area contributed by atoms with Gasteiger partial charge in [0.05, 0.1) is 6.04 Å². The van der Waals surface area contributed by atoms with Crippen molar-refractivity contribution in [3.8, 4) is 0 Å². The third kappa shape index (κ3) is 4.54. The van der Waals surface area contributed by atoms with E-state index in [0.29, 0.717) is 12.0 Å². The lowest BCUT2D eigenvalue weighted by Crippen LogP contribution is -2.37. The molecule has 0 atom stereocenters. The molecule has 0 aliphatic heterocycles. The molecule has 0 saturated heterocycles. The number of hydrogen-bond acceptors (Lipinski definition) is 1. The van der Waals surface area contributed by atoms with Gasteiger partial charge in [-0.1, -0.05) is 33.1 Å². The second-order valence-electron chi connectivity index (χ2n) is 5.05. The Morgan fingerprint density at radius 3 is 2.47 bits per heavy atom. The van der Waals surface area contributed by atoms with E-state index in [1.165, 1.54) is 32.1 Å². The van der Waals surface area contributed by atoms with Gasteiger partial charge in [0.25, 0.3) is 0 Å². The molecule has 0 aromatic carbocycles.